The van der Waals surface area contributed by atoms with Crippen LogP contribution in [0.4, 0.5) is 0 Å². The number of esters is 1. The maximum atomic E-state index is 12.8. The van der Waals surface area contributed by atoms with Gasteiger partial charge in [0.1, 0.15) is 29.6 Å². The minimum Gasteiger partial charge on any atom is -0.508 e. The summed E-state index contributed by atoms with van der Waals surface area (Å²) in [6.45, 7) is 0.208. The second-order valence-corrected chi connectivity index (χ2v) is 8.21. The summed E-state index contributed by atoms with van der Waals surface area (Å²) in [5.41, 5.74) is 4.15. The van der Waals surface area contributed by atoms with Crippen molar-refractivity contribution in [1.82, 2.24) is 10.4 Å². The van der Waals surface area contributed by atoms with E-state index in [2.05, 4.69) is 5.32 Å². The quantitative estimate of drug-likeness (QED) is 0.133. The lowest BCUT2D eigenvalue weighted by Gasteiger charge is -2.48. The van der Waals surface area contributed by atoms with Crippen LogP contribution in [0.5, 0.6) is 5.75 Å². The number of rotatable bonds is 10. The van der Waals surface area contributed by atoms with Crippen LogP contribution in [0.3, 0.4) is 0 Å². The number of amides is 1. The average Bonchev–Trinajstić information content (AvgIpc) is 2.78. The molecule has 2 unspecified atom stereocenters. The number of aliphatic hydroxyl groups is 4. The molecule has 186 valence electrons. The van der Waals surface area contributed by atoms with Gasteiger partial charge < -0.3 is 46.5 Å². The topological polar surface area (TPSA) is 206 Å². The number of unbranched alkanes of at least 4 members (excludes halogenated alkanes) is 1. The number of carbonyl (C=O) groups excluding carboxylic acids is 2. The number of phenolic OH excluding ortho intramolecular Hbond substituents is 1. The second-order valence-electron chi connectivity index (χ2n) is 8.21. The monoisotopic (exact) mass is 471 g/mol. The third-order valence-electron chi connectivity index (χ3n) is 5.73. The van der Waals surface area contributed by atoms with E-state index in [9.17, 15) is 40.3 Å². The smallest absolute Gasteiger partial charge is 0.330 e. The summed E-state index contributed by atoms with van der Waals surface area (Å²) in [6.07, 6.45) is -2.46. The maximum Gasteiger partial charge on any atom is 0.330 e. The van der Waals surface area contributed by atoms with Gasteiger partial charge in [-0.25, -0.2) is 4.79 Å². The van der Waals surface area contributed by atoms with Crippen molar-refractivity contribution in [1.29, 1.82) is 0 Å². The zero-order valence-corrected chi connectivity index (χ0v) is 18.4. The van der Waals surface area contributed by atoms with E-state index < -0.39 is 61.0 Å². The Morgan fingerprint density at radius 2 is 1.94 bits per heavy atom. The highest BCUT2D eigenvalue weighted by molar-refractivity contribution is 5.88. The highest BCUT2D eigenvalue weighted by Crippen LogP contribution is 2.29. The summed E-state index contributed by atoms with van der Waals surface area (Å²) >= 11 is 0. The van der Waals surface area contributed by atoms with Gasteiger partial charge in [-0.3, -0.25) is 4.79 Å². The van der Waals surface area contributed by atoms with E-state index in [-0.39, 0.29) is 18.8 Å². The van der Waals surface area contributed by atoms with Gasteiger partial charge >= 0.3 is 5.97 Å². The Bertz CT molecular complexity index is 794. The Kier molecular flexibility index (Phi) is 9.55. The van der Waals surface area contributed by atoms with Crippen molar-refractivity contribution in [2.45, 2.75) is 62.1 Å². The predicted molar refractivity (Wildman–Crippen MR) is 114 cm³/mol. The summed E-state index contributed by atoms with van der Waals surface area (Å²) < 4.78 is 5.16. The summed E-state index contributed by atoms with van der Waals surface area (Å²) in [4.78, 5) is 25.6. The van der Waals surface area contributed by atoms with E-state index in [0.29, 0.717) is 17.0 Å². The highest BCUT2D eigenvalue weighted by Gasteiger charge is 2.56. The van der Waals surface area contributed by atoms with Crippen LogP contribution >= 0.6 is 0 Å². The Morgan fingerprint density at radius 1 is 1.30 bits per heavy atom. The molecule has 1 aliphatic heterocycles. The van der Waals surface area contributed by atoms with Crippen molar-refractivity contribution in [2.24, 2.45) is 5.73 Å². The number of ether oxygens (including phenoxy) is 1. The molecule has 1 aromatic carbocycles. The van der Waals surface area contributed by atoms with E-state index >= 15 is 0 Å². The summed E-state index contributed by atoms with van der Waals surface area (Å²) in [6, 6.07) is 1.53. The van der Waals surface area contributed by atoms with Crippen LogP contribution in [0.25, 0.3) is 0 Å². The predicted octanol–water partition coefficient (Wildman–Crippen LogP) is -2.39. The van der Waals surface area contributed by atoms with Gasteiger partial charge in [0.15, 0.2) is 0 Å². The molecule has 1 saturated heterocycles. The lowest BCUT2D eigenvalue weighted by atomic mass is 9.80. The summed E-state index contributed by atoms with van der Waals surface area (Å²) in [5.74, 6) is -1.76. The zero-order valence-electron chi connectivity index (χ0n) is 18.4. The van der Waals surface area contributed by atoms with Gasteiger partial charge in [0.25, 0.3) is 0 Å². The van der Waals surface area contributed by atoms with Crippen molar-refractivity contribution in [3.8, 4) is 5.75 Å². The summed E-state index contributed by atoms with van der Waals surface area (Å²) in [5, 5.41) is 63.2. The van der Waals surface area contributed by atoms with E-state index in [1.165, 1.54) is 12.1 Å². The van der Waals surface area contributed by atoms with Crippen LogP contribution in [-0.4, -0.2) is 103 Å². The molecule has 1 fully saturated rings. The Labute approximate surface area is 191 Å². The van der Waals surface area contributed by atoms with Crippen LogP contribution in [0.2, 0.25) is 0 Å². The molecule has 6 atom stereocenters. The molecule has 0 spiro atoms. The number of nitrogens with one attached hydrogen (secondary N) is 1. The summed E-state index contributed by atoms with van der Waals surface area (Å²) in [7, 11) is 0. The number of benzene rings is 1. The number of carbonyl (C=O) groups is 2. The van der Waals surface area contributed by atoms with Crippen LogP contribution < -0.4 is 11.1 Å². The number of hydrogen-bond acceptors (Lipinski definition) is 11. The van der Waals surface area contributed by atoms with E-state index in [1.54, 1.807) is 12.1 Å². The number of nitrogens with two attached hydrogens (primary N) is 1. The van der Waals surface area contributed by atoms with Crippen molar-refractivity contribution < 1.29 is 45.1 Å². The molecule has 12 nitrogen and oxygen atoms in total. The number of nitrogens with zero attached hydrogens (tertiary/aromatic N) is 1. The average molecular weight is 472 g/mol. The Morgan fingerprint density at radius 3 is 2.52 bits per heavy atom. The van der Waals surface area contributed by atoms with Crippen LogP contribution in [-0.2, 0) is 20.7 Å². The number of phenols is 1. The zero-order chi connectivity index (χ0) is 24.8. The number of aliphatic hydroxyl groups excluding tert-OH is 3. The van der Waals surface area contributed by atoms with Crippen molar-refractivity contribution >= 4 is 11.9 Å². The van der Waals surface area contributed by atoms with Gasteiger partial charge in [0.05, 0.1) is 31.8 Å². The van der Waals surface area contributed by atoms with Crippen LogP contribution in [0.15, 0.2) is 24.3 Å². The molecule has 1 amide bonds. The molecular weight excluding hydrogens is 438 g/mol. The van der Waals surface area contributed by atoms with Gasteiger partial charge in [0.2, 0.25) is 5.91 Å². The molecule has 0 saturated carbocycles. The third kappa shape index (κ3) is 6.38. The first kappa shape index (κ1) is 26.9. The normalized spacial score (nSPS) is 27.5. The second kappa shape index (κ2) is 11.7. The Hall–Kier alpha value is -2.32. The number of β-amino-alcohol motifs (C(OH)–C–C–N with tert-alkyl or cyclic N) is 1. The van der Waals surface area contributed by atoms with Crippen molar-refractivity contribution in [2.75, 3.05) is 19.8 Å². The highest BCUT2D eigenvalue weighted by atomic mass is 16.5. The molecule has 1 heterocycles. The standard InChI is InChI=1S/C21H33N3O9/c1-2-3-8-33-20(30)16(17-18(28)21(31,11-25)15(27)10-24(17)32)23-19(29)14(22)9-12-4-6-13(26)7-5-12/h4-7,14-18,25-28,31-32H,2-3,8-11,22H2,1H3,(H,23,29)/t14-,15-,16?,17?,18-,21-/m0/s1. The molecule has 0 bridgehead atoms. The number of hydrogen-bond donors (Lipinski definition) is 8. The van der Waals surface area contributed by atoms with Gasteiger partial charge in [-0.1, -0.05) is 25.5 Å². The molecule has 0 radical (unpaired) electrons. The number of aromatic hydroxyl groups is 1. The molecule has 1 aliphatic rings. The third-order valence-corrected chi connectivity index (χ3v) is 5.73. The van der Waals surface area contributed by atoms with Gasteiger partial charge in [-0.05, 0) is 30.5 Å². The van der Waals surface area contributed by atoms with E-state index in [0.717, 1.165) is 6.42 Å². The largest absolute Gasteiger partial charge is 0.508 e. The fourth-order valence-electron chi connectivity index (χ4n) is 3.60. The van der Waals surface area contributed by atoms with Gasteiger partial charge in [0, 0.05) is 0 Å². The van der Waals surface area contributed by atoms with E-state index in [4.69, 9.17) is 10.5 Å². The maximum absolute atomic E-state index is 12.8. The lowest BCUT2D eigenvalue weighted by molar-refractivity contribution is -0.281. The first-order valence-corrected chi connectivity index (χ1v) is 10.7. The molecule has 12 heteroatoms. The van der Waals surface area contributed by atoms with Crippen LogP contribution in [0, 0.1) is 0 Å². The van der Waals surface area contributed by atoms with Gasteiger partial charge in [-0.15, -0.1) is 0 Å². The molecule has 9 N–H and O–H groups in total. The van der Waals surface area contributed by atoms with Crippen molar-refractivity contribution in [3.05, 3.63) is 29.8 Å². The van der Waals surface area contributed by atoms with E-state index in [1.807, 2.05) is 6.92 Å². The molecule has 1 aromatic rings. The van der Waals surface area contributed by atoms with Crippen LogP contribution in [0.1, 0.15) is 25.3 Å². The lowest BCUT2D eigenvalue weighted by Crippen LogP contribution is -2.74. The molecule has 33 heavy (non-hydrogen) atoms. The Balaban J connectivity index is 2.24. The first-order chi connectivity index (χ1) is 15.5. The molecule has 0 aliphatic carbocycles. The fourth-order valence-corrected chi connectivity index (χ4v) is 3.60. The van der Waals surface area contributed by atoms with Gasteiger partial charge in [-0.2, -0.15) is 5.06 Å². The minimum atomic E-state index is -2.45. The fraction of sp³-hybridized carbons (Fsp3) is 0.619. The first-order valence-electron chi connectivity index (χ1n) is 10.7. The molecule has 2 rings (SSSR count). The number of hydroxylamine groups is 2. The van der Waals surface area contributed by atoms with Crippen molar-refractivity contribution in [3.63, 3.8) is 0 Å². The molecule has 0 aromatic heterocycles. The minimum absolute atomic E-state index is 0.0163. The number of piperidine rings is 1. The molecular formula is C21H33N3O9. The SMILES string of the molecule is CCCCOC(=O)C(NC(=O)[C@@H](N)Cc1ccc(O)cc1)C1[C@H](O)[C@](O)(CO)[C@@H](O)CN1O.